The molecule has 0 saturated carbocycles. The van der Waals surface area contributed by atoms with Gasteiger partial charge >= 0.3 is 0 Å². The molecule has 2 atom stereocenters. The van der Waals surface area contributed by atoms with Crippen LogP contribution in [0.5, 0.6) is 11.5 Å². The highest BCUT2D eigenvalue weighted by Crippen LogP contribution is 2.34. The molecule has 0 fully saturated rings. The van der Waals surface area contributed by atoms with Crippen LogP contribution in [0.15, 0.2) is 48.5 Å². The largest absolute Gasteiger partial charge is 0.493 e. The van der Waals surface area contributed by atoms with Crippen molar-refractivity contribution in [2.45, 2.75) is 57.8 Å². The van der Waals surface area contributed by atoms with Crippen LogP contribution in [0.3, 0.4) is 0 Å². The summed E-state index contributed by atoms with van der Waals surface area (Å²) in [5.41, 5.74) is 6.62. The number of nitrogens with zero attached hydrogens (tertiary/aromatic N) is 1. The minimum atomic E-state index is -1.47. The van der Waals surface area contributed by atoms with Gasteiger partial charge in [0.1, 0.15) is 18.0 Å². The van der Waals surface area contributed by atoms with Crippen LogP contribution >= 0.6 is 11.6 Å². The van der Waals surface area contributed by atoms with Gasteiger partial charge in [0.2, 0.25) is 0 Å². The van der Waals surface area contributed by atoms with Gasteiger partial charge in [0, 0.05) is 23.1 Å². The third-order valence-corrected chi connectivity index (χ3v) is 6.43. The van der Waals surface area contributed by atoms with Crippen LogP contribution in [0.1, 0.15) is 62.2 Å². The van der Waals surface area contributed by atoms with Crippen molar-refractivity contribution in [2.75, 3.05) is 13.7 Å². The second-order valence-electron chi connectivity index (χ2n) is 10.2. The maximum atomic E-state index is 13.7. The van der Waals surface area contributed by atoms with E-state index < -0.39 is 23.1 Å². The number of pyridine rings is 1. The number of carbonyl (C=O) groups is 1. The standard InChI is InChI=1S/C29H34ClFN2O5/c1-17(34)16-38-25-9-7-19(13-26(25)37-5)24(35)10-11-29(4,36)27-15-20(28(2,3)32)14-23(33-27)18-6-8-22(31)21(30)12-18/h6-9,12-15,17,34,36H,10-11,16,32H2,1-5H3/t17-,29+/m1/s1. The Balaban J connectivity index is 1.86. The van der Waals surface area contributed by atoms with Gasteiger partial charge in [0.05, 0.1) is 29.6 Å². The van der Waals surface area contributed by atoms with Gasteiger partial charge < -0.3 is 25.4 Å². The summed E-state index contributed by atoms with van der Waals surface area (Å²) >= 11 is 5.99. The van der Waals surface area contributed by atoms with Crippen molar-refractivity contribution in [3.8, 4) is 22.8 Å². The second-order valence-corrected chi connectivity index (χ2v) is 10.6. The smallest absolute Gasteiger partial charge is 0.163 e. The van der Waals surface area contributed by atoms with Crippen molar-refractivity contribution >= 4 is 17.4 Å². The van der Waals surface area contributed by atoms with Crippen LogP contribution in [-0.4, -0.2) is 40.8 Å². The van der Waals surface area contributed by atoms with Gasteiger partial charge in [-0.15, -0.1) is 0 Å². The molecular formula is C29H34ClFN2O5. The lowest BCUT2D eigenvalue weighted by molar-refractivity contribution is 0.0396. The Labute approximate surface area is 227 Å². The summed E-state index contributed by atoms with van der Waals surface area (Å²) in [6.45, 7) is 6.93. The topological polar surface area (TPSA) is 115 Å². The molecule has 3 rings (SSSR count). The quantitative estimate of drug-likeness (QED) is 0.278. The van der Waals surface area contributed by atoms with Crippen molar-refractivity contribution in [1.29, 1.82) is 0 Å². The van der Waals surface area contributed by atoms with E-state index in [1.165, 1.54) is 19.2 Å². The van der Waals surface area contributed by atoms with Crippen molar-refractivity contribution in [1.82, 2.24) is 4.98 Å². The molecule has 0 unspecified atom stereocenters. The molecule has 0 spiro atoms. The maximum Gasteiger partial charge on any atom is 0.163 e. The fourth-order valence-electron chi connectivity index (χ4n) is 3.78. The Morgan fingerprint density at radius 2 is 1.84 bits per heavy atom. The van der Waals surface area contributed by atoms with Gasteiger partial charge in [-0.3, -0.25) is 4.79 Å². The van der Waals surface area contributed by atoms with Crippen molar-refractivity contribution in [3.05, 3.63) is 76.2 Å². The van der Waals surface area contributed by atoms with E-state index in [0.717, 1.165) is 0 Å². The number of nitrogens with two attached hydrogens (primary N) is 1. The maximum absolute atomic E-state index is 13.7. The highest BCUT2D eigenvalue weighted by Gasteiger charge is 2.29. The normalized spacial score (nSPS) is 14.1. The third-order valence-electron chi connectivity index (χ3n) is 6.14. The summed E-state index contributed by atoms with van der Waals surface area (Å²) in [5, 5.41) is 20.8. The van der Waals surface area contributed by atoms with Gasteiger partial charge in [-0.25, -0.2) is 9.37 Å². The SMILES string of the molecule is COc1cc(C(=O)CC[C@](C)(O)c2cc(C(C)(C)N)cc(-c3ccc(F)c(Cl)c3)n2)ccc1OC[C@@H](C)O. The van der Waals surface area contributed by atoms with Gasteiger partial charge in [0.15, 0.2) is 17.3 Å². The summed E-state index contributed by atoms with van der Waals surface area (Å²) < 4.78 is 24.6. The predicted molar refractivity (Wildman–Crippen MR) is 145 cm³/mol. The average molecular weight is 545 g/mol. The molecule has 0 aliphatic rings. The molecule has 9 heteroatoms. The number of halogens is 2. The number of ether oxygens (including phenoxy) is 2. The minimum absolute atomic E-state index is 0.0274. The van der Waals surface area contributed by atoms with Crippen molar-refractivity contribution < 1.29 is 28.9 Å². The lowest BCUT2D eigenvalue weighted by Gasteiger charge is -2.27. The number of aromatic nitrogens is 1. The third kappa shape index (κ3) is 7.29. The van der Waals surface area contributed by atoms with Gasteiger partial charge in [0.25, 0.3) is 0 Å². The Morgan fingerprint density at radius 3 is 2.45 bits per heavy atom. The summed E-state index contributed by atoms with van der Waals surface area (Å²) in [6, 6.07) is 12.6. The van der Waals surface area contributed by atoms with Crippen LogP contribution < -0.4 is 15.2 Å². The number of aliphatic hydroxyl groups is 2. The number of aliphatic hydroxyl groups excluding tert-OH is 1. The number of Topliss-reactive ketones (excluding diaryl/α,β-unsaturated/α-hetero) is 1. The molecule has 4 N–H and O–H groups in total. The number of carbonyl (C=O) groups excluding carboxylic acids is 1. The number of hydrogen-bond donors (Lipinski definition) is 3. The molecule has 3 aromatic rings. The predicted octanol–water partition coefficient (Wildman–Crippen LogP) is 5.37. The van der Waals surface area contributed by atoms with E-state index in [1.807, 2.05) is 13.8 Å². The lowest BCUT2D eigenvalue weighted by Crippen LogP contribution is -2.31. The molecule has 1 aromatic heterocycles. The Bertz CT molecular complexity index is 1300. The first-order valence-corrected chi connectivity index (χ1v) is 12.6. The molecule has 0 aliphatic carbocycles. The highest BCUT2D eigenvalue weighted by atomic mass is 35.5. The first-order valence-electron chi connectivity index (χ1n) is 12.2. The fourth-order valence-corrected chi connectivity index (χ4v) is 3.96. The Hall–Kier alpha value is -3.04. The zero-order valence-electron chi connectivity index (χ0n) is 22.2. The minimum Gasteiger partial charge on any atom is -0.493 e. The number of ketones is 1. The number of methoxy groups -OCH3 is 1. The lowest BCUT2D eigenvalue weighted by atomic mass is 9.88. The van der Waals surface area contributed by atoms with E-state index in [1.54, 1.807) is 50.2 Å². The molecule has 0 aliphatic heterocycles. The zero-order chi connectivity index (χ0) is 28.3. The van der Waals surface area contributed by atoms with Crippen LogP contribution in [0.4, 0.5) is 4.39 Å². The molecule has 0 amide bonds. The van der Waals surface area contributed by atoms with E-state index in [0.29, 0.717) is 39.6 Å². The first-order chi connectivity index (χ1) is 17.7. The Morgan fingerprint density at radius 1 is 1.13 bits per heavy atom. The van der Waals surface area contributed by atoms with Crippen molar-refractivity contribution in [2.24, 2.45) is 5.73 Å². The van der Waals surface area contributed by atoms with Gasteiger partial charge in [-0.1, -0.05) is 11.6 Å². The highest BCUT2D eigenvalue weighted by molar-refractivity contribution is 6.31. The average Bonchev–Trinajstić information content (AvgIpc) is 2.86. The summed E-state index contributed by atoms with van der Waals surface area (Å²) in [4.78, 5) is 17.6. The van der Waals surface area contributed by atoms with E-state index >= 15 is 0 Å². The molecule has 2 aromatic carbocycles. The Kier molecular flexibility index (Phi) is 9.15. The molecular weight excluding hydrogens is 511 g/mol. The van der Waals surface area contributed by atoms with E-state index in [-0.39, 0.29) is 30.3 Å². The summed E-state index contributed by atoms with van der Waals surface area (Å²) in [6.07, 6.45) is -0.542. The number of rotatable bonds is 11. The molecule has 38 heavy (non-hydrogen) atoms. The number of benzene rings is 2. The fraction of sp³-hybridized carbons (Fsp3) is 0.379. The van der Waals surface area contributed by atoms with Crippen molar-refractivity contribution in [3.63, 3.8) is 0 Å². The van der Waals surface area contributed by atoms with Crippen LogP contribution in [0.2, 0.25) is 5.02 Å². The van der Waals surface area contributed by atoms with E-state index in [4.69, 9.17) is 26.8 Å². The molecule has 0 radical (unpaired) electrons. The van der Waals surface area contributed by atoms with Crippen LogP contribution in [-0.2, 0) is 11.1 Å². The number of hydrogen-bond acceptors (Lipinski definition) is 7. The molecule has 0 bridgehead atoms. The van der Waals surface area contributed by atoms with E-state index in [2.05, 4.69) is 4.98 Å². The van der Waals surface area contributed by atoms with E-state index in [9.17, 15) is 19.4 Å². The molecule has 204 valence electrons. The summed E-state index contributed by atoms with van der Waals surface area (Å²) in [7, 11) is 1.47. The van der Waals surface area contributed by atoms with Gasteiger partial charge in [-0.05, 0) is 88.2 Å². The first kappa shape index (κ1) is 29.5. The van der Waals surface area contributed by atoms with Crippen LogP contribution in [0.25, 0.3) is 11.3 Å². The molecule has 1 heterocycles. The molecule has 7 nitrogen and oxygen atoms in total. The molecule has 0 saturated heterocycles. The monoisotopic (exact) mass is 544 g/mol. The second kappa shape index (κ2) is 11.8. The van der Waals surface area contributed by atoms with Gasteiger partial charge in [-0.2, -0.15) is 0 Å². The zero-order valence-corrected chi connectivity index (χ0v) is 23.0. The van der Waals surface area contributed by atoms with Crippen LogP contribution in [0, 0.1) is 5.82 Å². The summed E-state index contributed by atoms with van der Waals surface area (Å²) in [5.74, 6) is 0.0309.